The van der Waals surface area contributed by atoms with Gasteiger partial charge in [0.25, 0.3) is 0 Å². The minimum absolute atomic E-state index is 0. The third kappa shape index (κ3) is 13.5. The lowest BCUT2D eigenvalue weighted by atomic mass is 9.92. The predicted octanol–water partition coefficient (Wildman–Crippen LogP) is 8.70. The molecule has 0 radical (unpaired) electrons. The second-order valence-corrected chi connectivity index (χ2v) is 18.1. The molecule has 16 nitrogen and oxygen atoms in total. The van der Waals surface area contributed by atoms with Gasteiger partial charge in [0.15, 0.2) is 0 Å². The summed E-state index contributed by atoms with van der Waals surface area (Å²) in [5, 5.41) is 13.8. The maximum Gasteiger partial charge on any atom is 0.521 e. The summed E-state index contributed by atoms with van der Waals surface area (Å²) in [6.45, 7) is 19.3. The van der Waals surface area contributed by atoms with Gasteiger partial charge in [0.05, 0.1) is 44.6 Å². The van der Waals surface area contributed by atoms with Crippen molar-refractivity contribution in [2.75, 3.05) is 64.0 Å². The first kappa shape index (κ1) is 47.5. The van der Waals surface area contributed by atoms with Crippen molar-refractivity contribution >= 4 is 42.2 Å². The van der Waals surface area contributed by atoms with Gasteiger partial charge in [-0.05, 0) is 184 Å². The van der Waals surface area contributed by atoms with Gasteiger partial charge in [-0.1, -0.05) is 12.1 Å². The van der Waals surface area contributed by atoms with Crippen LogP contribution in [-0.4, -0.2) is 108 Å². The van der Waals surface area contributed by atoms with E-state index < -0.39 is 8.25 Å². The van der Waals surface area contributed by atoms with Gasteiger partial charge < -0.3 is 35.3 Å². The fourth-order valence-corrected chi connectivity index (χ4v) is 8.65. The van der Waals surface area contributed by atoms with Crippen LogP contribution in [0.3, 0.4) is 0 Å². The molecule has 17 heteroatoms. The van der Waals surface area contributed by atoms with E-state index in [4.69, 9.17) is 24.7 Å². The van der Waals surface area contributed by atoms with Crippen LogP contribution in [0.2, 0.25) is 0 Å². The first-order chi connectivity index (χ1) is 30.3. The highest BCUT2D eigenvalue weighted by molar-refractivity contribution is 7.30. The average molecular weight is 883 g/mol. The molecule has 340 valence electrons. The van der Waals surface area contributed by atoms with E-state index in [0.29, 0.717) is 11.9 Å². The van der Waals surface area contributed by atoms with Gasteiger partial charge in [-0.15, -0.1) is 0 Å². The molecule has 6 aromatic rings. The molecule has 6 heterocycles. The molecule has 0 saturated carbocycles. The number of benzene rings is 2. The number of likely N-dealkylation sites (tertiary alicyclic amines) is 2. The minimum Gasteiger partial charge on any atom is -0.565 e. The smallest absolute Gasteiger partial charge is 0.521 e. The van der Waals surface area contributed by atoms with Crippen LogP contribution in [0.5, 0.6) is 0 Å². The van der Waals surface area contributed by atoms with E-state index in [9.17, 15) is 0 Å². The van der Waals surface area contributed by atoms with Crippen molar-refractivity contribution in [1.29, 1.82) is 0 Å². The van der Waals surface area contributed by atoms with Gasteiger partial charge >= 0.3 is 8.25 Å². The molecule has 0 bridgehead atoms. The van der Waals surface area contributed by atoms with Crippen LogP contribution in [0.25, 0.3) is 44.8 Å². The number of rotatable bonds is 13. The number of fused-ring (bicyclic) bond motifs is 2. The number of hydrogen-bond donors (Lipinski definition) is 5. The van der Waals surface area contributed by atoms with E-state index in [-0.39, 0.29) is 1.43 Å². The van der Waals surface area contributed by atoms with Gasteiger partial charge in [-0.25, -0.2) is 35.2 Å². The van der Waals surface area contributed by atoms with Gasteiger partial charge in [-0.2, -0.15) is 0 Å². The van der Waals surface area contributed by atoms with Crippen molar-refractivity contribution in [3.05, 3.63) is 70.3 Å². The molecule has 2 aliphatic rings. The summed E-state index contributed by atoms with van der Waals surface area (Å²) in [6, 6.07) is 8.59. The summed E-state index contributed by atoms with van der Waals surface area (Å²) in [7, 11) is 1.39. The molecule has 2 fully saturated rings. The molecule has 0 spiro atoms. The van der Waals surface area contributed by atoms with E-state index in [2.05, 4.69) is 121 Å². The molecule has 2 aromatic carbocycles. The summed E-state index contributed by atoms with van der Waals surface area (Å²) < 4.78 is 11.6. The van der Waals surface area contributed by atoms with Crippen molar-refractivity contribution in [2.24, 2.45) is 11.8 Å². The SMILES string of the molecule is Cc1cc(C)c2nc(-c3cnc(NCCCC4CCN(C)CC4)nc3C)[nH]c2c1.Cc1cc(C)c2nc(-c3cnc(NCCCC4CCN(C)CC4)nc3C)[nH]c2c1.O=[P+]([O-])OO.[HH]. The van der Waals surface area contributed by atoms with Crippen LogP contribution in [0.4, 0.5) is 11.9 Å². The number of imidazole rings is 2. The zero-order chi connectivity index (χ0) is 45.0. The van der Waals surface area contributed by atoms with Crippen molar-refractivity contribution < 1.29 is 20.8 Å². The quantitative estimate of drug-likeness (QED) is 0.0318. The lowest BCUT2D eigenvalue weighted by molar-refractivity contribution is -0.244. The Morgan fingerprint density at radius 2 is 1.08 bits per heavy atom. The molecule has 2 aliphatic heterocycles. The zero-order valence-electron chi connectivity index (χ0n) is 38.2. The fourth-order valence-electron chi connectivity index (χ4n) is 8.65. The summed E-state index contributed by atoms with van der Waals surface area (Å²) in [5.41, 5.74) is 12.8. The van der Waals surface area contributed by atoms with E-state index >= 15 is 0 Å². The van der Waals surface area contributed by atoms with Crippen LogP contribution in [0.1, 0.15) is 86.4 Å². The fraction of sp³-hybridized carbons (Fsp3) is 0.522. The number of hydrogen-bond acceptors (Lipinski definition) is 14. The van der Waals surface area contributed by atoms with Crippen molar-refractivity contribution in [2.45, 2.75) is 92.9 Å². The third-order valence-corrected chi connectivity index (χ3v) is 12.3. The van der Waals surface area contributed by atoms with Gasteiger partial charge in [0.1, 0.15) is 11.6 Å². The maximum atomic E-state index is 8.93. The standard InChI is InChI=1S/2C23H32N6.HO4P.H2/c2*1-15-12-16(2)21-20(13-15)27-22(28-21)19-14-25-23(26-17(19)3)24-9-5-6-18-7-10-29(4)11-8-18;1-4-5(2)3;/h2*12-14,18H,5-11H2,1-4H3,(H,27,28)(H,24,25,26);1H;1H. The van der Waals surface area contributed by atoms with E-state index in [1.807, 2.05) is 26.2 Å². The number of aromatic nitrogens is 8. The molecule has 5 N–H and O–H groups in total. The summed E-state index contributed by atoms with van der Waals surface area (Å²) in [5.74, 6) is 4.83. The topological polar surface area (TPSA) is 209 Å². The van der Waals surface area contributed by atoms with Crippen molar-refractivity contribution in [1.82, 2.24) is 49.7 Å². The van der Waals surface area contributed by atoms with Gasteiger partial charge in [0, 0.05) is 31.6 Å². The Morgan fingerprint density at radius 3 is 1.43 bits per heavy atom. The first-order valence-corrected chi connectivity index (χ1v) is 23.3. The number of H-pyrrole nitrogens is 2. The number of nitrogens with one attached hydrogen (secondary N) is 4. The summed E-state index contributed by atoms with van der Waals surface area (Å²) in [4.78, 5) is 48.6. The number of aromatic amines is 2. The summed E-state index contributed by atoms with van der Waals surface area (Å²) in [6.07, 6.45) is 14.0. The second-order valence-electron chi connectivity index (χ2n) is 17.4. The predicted molar refractivity (Wildman–Crippen MR) is 252 cm³/mol. The molecule has 1 atom stereocenters. The van der Waals surface area contributed by atoms with Crippen LogP contribution in [0, 0.1) is 53.4 Å². The monoisotopic (exact) mass is 883 g/mol. The maximum absolute atomic E-state index is 8.93. The highest BCUT2D eigenvalue weighted by Gasteiger charge is 2.18. The number of aryl methyl sites for hydroxylation is 6. The number of nitrogens with zero attached hydrogens (tertiary/aromatic N) is 8. The minimum atomic E-state index is -3.04. The van der Waals surface area contributed by atoms with Crippen LogP contribution in [0.15, 0.2) is 36.7 Å². The largest absolute Gasteiger partial charge is 0.565 e. The van der Waals surface area contributed by atoms with Gasteiger partial charge in [-0.3, -0.25) is 0 Å². The van der Waals surface area contributed by atoms with Crippen LogP contribution in [-0.2, 0) is 9.24 Å². The lowest BCUT2D eigenvalue weighted by Crippen LogP contribution is -2.30. The molecule has 4 aromatic heterocycles. The Bertz CT molecular complexity index is 2290. The Labute approximate surface area is 373 Å². The molecular weight excluding hydrogens is 816 g/mol. The summed E-state index contributed by atoms with van der Waals surface area (Å²) >= 11 is 0. The Morgan fingerprint density at radius 1 is 0.698 bits per heavy atom. The van der Waals surface area contributed by atoms with Crippen LogP contribution < -0.4 is 15.5 Å². The van der Waals surface area contributed by atoms with Crippen molar-refractivity contribution in [3.8, 4) is 22.8 Å². The lowest BCUT2D eigenvalue weighted by Gasteiger charge is -2.28. The zero-order valence-corrected chi connectivity index (χ0v) is 39.1. The molecule has 0 aliphatic carbocycles. The van der Waals surface area contributed by atoms with Crippen molar-refractivity contribution in [3.63, 3.8) is 0 Å². The molecule has 1 unspecified atom stereocenters. The highest BCUT2D eigenvalue weighted by atomic mass is 31.1. The third-order valence-electron chi connectivity index (χ3n) is 12.2. The number of piperidine rings is 2. The Hall–Kier alpha value is -4.96. The number of anilines is 2. The molecule has 63 heavy (non-hydrogen) atoms. The van der Waals surface area contributed by atoms with E-state index in [1.54, 1.807) is 0 Å². The average Bonchev–Trinajstić information content (AvgIpc) is 3.88. The van der Waals surface area contributed by atoms with Gasteiger partial charge in [0.2, 0.25) is 11.9 Å². The second kappa shape index (κ2) is 22.6. The Balaban J connectivity index is 0.000000215. The highest BCUT2D eigenvalue weighted by Crippen LogP contribution is 2.28. The molecule has 2 saturated heterocycles. The van der Waals surface area contributed by atoms with E-state index in [0.717, 1.165) is 81.2 Å². The van der Waals surface area contributed by atoms with Crippen LogP contribution >= 0.6 is 8.25 Å². The normalized spacial score (nSPS) is 15.5. The molecular formula is C46H67N12O4P. The Kier molecular flexibility index (Phi) is 17.0. The van der Waals surface area contributed by atoms with E-state index in [1.165, 1.54) is 99.8 Å². The molecule has 8 rings (SSSR count). The molecule has 0 amide bonds. The first-order valence-electron chi connectivity index (χ1n) is 22.2.